The van der Waals surface area contributed by atoms with Crippen LogP contribution in [0, 0.1) is 11.6 Å². The van der Waals surface area contributed by atoms with E-state index in [1.807, 2.05) is 0 Å². The summed E-state index contributed by atoms with van der Waals surface area (Å²) in [5, 5.41) is 12.3. The van der Waals surface area contributed by atoms with Crippen LogP contribution in [0.5, 0.6) is 0 Å². The third-order valence-electron chi connectivity index (χ3n) is 4.71. The number of carboxylic acids is 1. The maximum Gasteiger partial charge on any atom is 1.00 e. The van der Waals surface area contributed by atoms with E-state index in [-0.39, 0.29) is 38.3 Å². The van der Waals surface area contributed by atoms with Gasteiger partial charge in [-0.3, -0.25) is 9.59 Å². The molecule has 1 atom stereocenters. The van der Waals surface area contributed by atoms with Gasteiger partial charge in [0.1, 0.15) is 18.2 Å². The number of carboxylic acid groups (broad SMARTS) is 1. The number of aliphatic carboxylic acids is 1. The van der Waals surface area contributed by atoms with Gasteiger partial charge in [0.05, 0.1) is 11.6 Å². The molecule has 0 bridgehead atoms. The molecule has 1 aliphatic heterocycles. The Hall–Kier alpha value is -1.42. The van der Waals surface area contributed by atoms with E-state index in [0.717, 1.165) is 31.0 Å². The van der Waals surface area contributed by atoms with E-state index in [4.69, 9.17) is 5.11 Å². The molecule has 8 heteroatoms. The number of piperazine rings is 1. The van der Waals surface area contributed by atoms with Gasteiger partial charge >= 0.3 is 24.8 Å². The van der Waals surface area contributed by atoms with Crippen LogP contribution >= 0.6 is 0 Å². The summed E-state index contributed by atoms with van der Waals surface area (Å²) in [5.74, 6) is -2.93. The zero-order valence-corrected chi connectivity index (χ0v) is 13.5. The normalized spacial score (nSPS) is 22.5. The second-order valence-corrected chi connectivity index (χ2v) is 6.22. The zero-order chi connectivity index (χ0) is 16.6. The Morgan fingerprint density at radius 1 is 1.29 bits per heavy atom. The van der Waals surface area contributed by atoms with Crippen molar-refractivity contribution in [3.05, 3.63) is 35.4 Å². The second kappa shape index (κ2) is 7.22. The van der Waals surface area contributed by atoms with Gasteiger partial charge in [0.15, 0.2) is 0 Å². The molecule has 1 saturated heterocycles. The van der Waals surface area contributed by atoms with E-state index < -0.39 is 35.7 Å². The molecule has 1 spiro atoms. The van der Waals surface area contributed by atoms with Crippen molar-refractivity contribution < 1.29 is 43.8 Å². The second-order valence-electron chi connectivity index (χ2n) is 6.22. The number of hydrogen-bond acceptors (Lipinski definition) is 3. The fraction of sp³-hybridized carbons (Fsp3) is 0.500. The number of nitrogens with zero attached hydrogens (tertiary/aromatic N) is 1. The first-order chi connectivity index (χ1) is 10.9. The topological polar surface area (TPSA) is 69.6 Å². The molecule has 126 valence electrons. The maximum absolute atomic E-state index is 13.5. The summed E-state index contributed by atoms with van der Waals surface area (Å²) >= 11 is 0. The van der Waals surface area contributed by atoms with Gasteiger partial charge in [0.25, 0.3) is 0 Å². The van der Waals surface area contributed by atoms with Gasteiger partial charge in [-0.2, -0.15) is 0 Å². The molecule has 2 N–H and O–H groups in total. The van der Waals surface area contributed by atoms with Crippen LogP contribution in [0.3, 0.4) is 0 Å². The first-order valence-electron chi connectivity index (χ1n) is 7.65. The molecule has 1 heterocycles. The molecule has 3 rings (SSSR count). The molecule has 1 aliphatic carbocycles. The van der Waals surface area contributed by atoms with Crippen LogP contribution in [-0.2, 0) is 9.59 Å². The largest absolute Gasteiger partial charge is 1.00 e. The van der Waals surface area contributed by atoms with Gasteiger partial charge in [0, 0.05) is 12.6 Å². The van der Waals surface area contributed by atoms with Crippen molar-refractivity contribution in [2.75, 3.05) is 13.1 Å². The first kappa shape index (κ1) is 18.9. The summed E-state index contributed by atoms with van der Waals surface area (Å²) in [5.41, 5.74) is -0.463. The molecule has 1 aromatic rings. The quantitative estimate of drug-likeness (QED) is 0.693. The summed E-state index contributed by atoms with van der Waals surface area (Å²) in [4.78, 5) is 25.3. The Labute approximate surface area is 152 Å². The van der Waals surface area contributed by atoms with Crippen molar-refractivity contribution in [1.29, 1.82) is 0 Å². The van der Waals surface area contributed by atoms with Crippen molar-refractivity contribution >= 4 is 11.9 Å². The Balaban J connectivity index is 0.00000156. The Morgan fingerprint density at radius 2 is 1.88 bits per heavy atom. The van der Waals surface area contributed by atoms with Crippen LogP contribution in [0.4, 0.5) is 8.78 Å². The van der Waals surface area contributed by atoms with E-state index in [1.165, 1.54) is 4.90 Å². The number of halogens is 2. The predicted octanol–water partition coefficient (Wildman–Crippen LogP) is -1.05. The number of nitrogens with one attached hydrogen (secondary N) is 1. The summed E-state index contributed by atoms with van der Waals surface area (Å²) in [6.45, 7) is -0.201. The zero-order valence-electron chi connectivity index (χ0n) is 14.5. The van der Waals surface area contributed by atoms with Crippen LogP contribution in [0.25, 0.3) is 0 Å². The van der Waals surface area contributed by atoms with Crippen LogP contribution in [0.2, 0.25) is 0 Å². The average molecular weight is 332 g/mol. The number of carbonyl (C=O) groups excluding carboxylic acids is 1. The maximum atomic E-state index is 13.5. The smallest absolute Gasteiger partial charge is 1.00 e. The molecule has 1 amide bonds. The standard InChI is InChI=1S/C16H18F2N2O3.Li.H/c17-11-5-10(6-12(18)7-11)13-8-19-16(3-1-2-4-16)15(23)20(13)9-14(21)22;;/h5-7,13,19H,1-4,8-9H2,(H,21,22);;/q;+1;-1/t13-;;/m0../s1. The number of rotatable bonds is 3. The molecule has 2 aliphatic rings. The molecule has 1 aromatic carbocycles. The minimum Gasteiger partial charge on any atom is -1.00 e. The van der Waals surface area contributed by atoms with Crippen LogP contribution < -0.4 is 24.2 Å². The van der Waals surface area contributed by atoms with Gasteiger partial charge in [-0.25, -0.2) is 8.78 Å². The fourth-order valence-electron chi connectivity index (χ4n) is 3.66. The van der Waals surface area contributed by atoms with Crippen LogP contribution in [-0.4, -0.2) is 40.5 Å². The minimum atomic E-state index is -1.14. The van der Waals surface area contributed by atoms with Crippen molar-refractivity contribution in [2.24, 2.45) is 0 Å². The van der Waals surface area contributed by atoms with Crippen molar-refractivity contribution in [3.63, 3.8) is 0 Å². The van der Waals surface area contributed by atoms with Crippen molar-refractivity contribution in [3.8, 4) is 0 Å². The van der Waals surface area contributed by atoms with Gasteiger partial charge in [-0.1, -0.05) is 12.8 Å². The molecule has 2 fully saturated rings. The fourth-order valence-corrected chi connectivity index (χ4v) is 3.66. The van der Waals surface area contributed by atoms with Gasteiger partial charge in [-0.15, -0.1) is 0 Å². The molecule has 0 unspecified atom stereocenters. The molecule has 0 aromatic heterocycles. The van der Waals surface area contributed by atoms with Crippen molar-refractivity contribution in [1.82, 2.24) is 10.2 Å². The Kier molecular flexibility index (Phi) is 5.69. The third kappa shape index (κ3) is 3.48. The number of carbonyl (C=O) groups is 2. The molecule has 0 radical (unpaired) electrons. The van der Waals surface area contributed by atoms with E-state index in [0.29, 0.717) is 12.8 Å². The molecular weight excluding hydrogens is 313 g/mol. The number of amides is 1. The molecule has 24 heavy (non-hydrogen) atoms. The SMILES string of the molecule is O=C(O)CN1C(=O)C2(CCCC2)NC[C@H]1c1cc(F)cc(F)c1.[H-].[Li+]. The Morgan fingerprint density at radius 3 is 2.42 bits per heavy atom. The monoisotopic (exact) mass is 332 g/mol. The van der Waals surface area contributed by atoms with Gasteiger partial charge in [0.2, 0.25) is 5.91 Å². The van der Waals surface area contributed by atoms with E-state index in [1.54, 1.807) is 0 Å². The molecule has 1 saturated carbocycles. The van der Waals surface area contributed by atoms with E-state index in [9.17, 15) is 18.4 Å². The van der Waals surface area contributed by atoms with Crippen molar-refractivity contribution in [2.45, 2.75) is 37.3 Å². The first-order valence-corrected chi connectivity index (χ1v) is 7.65. The summed E-state index contributed by atoms with van der Waals surface area (Å²) < 4.78 is 27.0. The van der Waals surface area contributed by atoms with Crippen LogP contribution in [0.1, 0.15) is 38.7 Å². The van der Waals surface area contributed by atoms with E-state index in [2.05, 4.69) is 5.32 Å². The third-order valence-corrected chi connectivity index (χ3v) is 4.71. The Bertz CT molecular complexity index is 636. The van der Waals surface area contributed by atoms with E-state index >= 15 is 0 Å². The number of benzene rings is 1. The summed E-state index contributed by atoms with van der Waals surface area (Å²) in [6.07, 6.45) is 3.12. The minimum absolute atomic E-state index is 0. The van der Waals surface area contributed by atoms with Crippen LogP contribution in [0.15, 0.2) is 18.2 Å². The average Bonchev–Trinajstić information content (AvgIpc) is 2.92. The number of hydrogen-bond donors (Lipinski definition) is 2. The van der Waals surface area contributed by atoms with Gasteiger partial charge < -0.3 is 16.7 Å². The summed E-state index contributed by atoms with van der Waals surface area (Å²) in [6, 6.07) is 2.34. The summed E-state index contributed by atoms with van der Waals surface area (Å²) in [7, 11) is 0. The molecule has 5 nitrogen and oxygen atoms in total. The predicted molar refractivity (Wildman–Crippen MR) is 78.8 cm³/mol. The molecular formula is C16H19F2LiN2O3. The van der Waals surface area contributed by atoms with Gasteiger partial charge in [-0.05, 0) is 30.5 Å².